The van der Waals surface area contributed by atoms with Crippen LogP contribution >= 0.6 is 35.3 Å². The molecule has 2 aliphatic rings. The quantitative estimate of drug-likeness (QED) is 0.619. The zero-order valence-corrected chi connectivity index (χ0v) is 14.6. The van der Waals surface area contributed by atoms with Gasteiger partial charge in [0.15, 0.2) is 5.17 Å². The van der Waals surface area contributed by atoms with E-state index in [-0.39, 0.29) is 22.6 Å². The molecule has 0 radical (unpaired) electrons. The summed E-state index contributed by atoms with van der Waals surface area (Å²) in [5, 5.41) is 9.69. The molecule has 2 atom stereocenters. The molecule has 0 aliphatic carbocycles. The average Bonchev–Trinajstić information content (AvgIpc) is 3.00. The van der Waals surface area contributed by atoms with Crippen molar-refractivity contribution in [1.29, 1.82) is 0 Å². The summed E-state index contributed by atoms with van der Waals surface area (Å²) >= 11 is 8.43. The Bertz CT molecular complexity index is 674. The van der Waals surface area contributed by atoms with Crippen LogP contribution in [0.1, 0.15) is 13.3 Å². The number of aliphatic imine (C=N–C) groups is 1. The Morgan fingerprint density at radius 2 is 2.43 bits per heavy atom. The highest BCUT2D eigenvalue weighted by molar-refractivity contribution is 8.12. The van der Waals surface area contributed by atoms with Gasteiger partial charge in [0.25, 0.3) is 0 Å². The molecule has 9 heteroatoms. The van der Waals surface area contributed by atoms with Crippen molar-refractivity contribution in [3.05, 3.63) is 23.0 Å². The number of nitrogens with zero attached hydrogens (tertiary/aromatic N) is 2. The monoisotopic (exact) mass is 375 g/mol. The topological polar surface area (TPSA) is 64.9 Å². The number of carbonyl (C=O) groups is 1. The van der Waals surface area contributed by atoms with Crippen LogP contribution in [0.2, 0.25) is 5.02 Å². The summed E-state index contributed by atoms with van der Waals surface area (Å²) in [4.78, 5) is 17.7. The van der Waals surface area contributed by atoms with E-state index < -0.39 is 11.8 Å². The minimum Gasteiger partial charge on any atom is -0.481 e. The number of carboxylic acid groups (broad SMARTS) is 1. The number of benzene rings is 1. The van der Waals surface area contributed by atoms with Crippen molar-refractivity contribution in [3.63, 3.8) is 0 Å². The van der Waals surface area contributed by atoms with Crippen molar-refractivity contribution in [1.82, 2.24) is 9.62 Å². The van der Waals surface area contributed by atoms with E-state index in [1.54, 1.807) is 0 Å². The largest absolute Gasteiger partial charge is 0.481 e. The smallest absolute Gasteiger partial charge is 0.313 e. The van der Waals surface area contributed by atoms with Gasteiger partial charge >= 0.3 is 5.97 Å². The van der Waals surface area contributed by atoms with Gasteiger partial charge in [-0.25, -0.2) is 14.1 Å². The molecule has 1 aromatic carbocycles. The summed E-state index contributed by atoms with van der Waals surface area (Å²) in [7, 11) is 0. The van der Waals surface area contributed by atoms with Gasteiger partial charge in [-0.2, -0.15) is 0 Å². The van der Waals surface area contributed by atoms with Gasteiger partial charge in [-0.3, -0.25) is 4.79 Å². The summed E-state index contributed by atoms with van der Waals surface area (Å²) in [6.07, 6.45) is 1.28. The number of thioether (sulfide) groups is 1. The zero-order valence-electron chi connectivity index (χ0n) is 12.3. The molecule has 0 bridgehead atoms. The average molecular weight is 376 g/mol. The molecule has 2 heterocycles. The number of aliphatic carboxylic acids is 1. The van der Waals surface area contributed by atoms with Crippen LogP contribution in [-0.4, -0.2) is 39.6 Å². The lowest BCUT2D eigenvalue weighted by Crippen LogP contribution is -2.30. The van der Waals surface area contributed by atoms with E-state index in [0.29, 0.717) is 10.8 Å². The normalized spacial score (nSPS) is 25.2. The number of hydrogen-bond acceptors (Lipinski definition) is 5. The van der Waals surface area contributed by atoms with Crippen LogP contribution in [0.5, 0.6) is 0 Å². The highest BCUT2D eigenvalue weighted by Crippen LogP contribution is 2.36. The Hall–Kier alpha value is -0.960. The molecule has 2 unspecified atom stereocenters. The number of nitrogens with one attached hydrogen (secondary N) is 1. The van der Waals surface area contributed by atoms with Gasteiger partial charge < -0.3 is 10.0 Å². The fraction of sp³-hybridized carbons (Fsp3) is 0.429. The maximum Gasteiger partial charge on any atom is 0.313 e. The Balaban J connectivity index is 1.86. The molecule has 23 heavy (non-hydrogen) atoms. The van der Waals surface area contributed by atoms with Crippen molar-refractivity contribution in [2.24, 2.45) is 10.9 Å². The van der Waals surface area contributed by atoms with Crippen LogP contribution in [-0.2, 0) is 4.79 Å². The third kappa shape index (κ3) is 3.76. The summed E-state index contributed by atoms with van der Waals surface area (Å²) in [6, 6.07) is 2.69. The van der Waals surface area contributed by atoms with Gasteiger partial charge in [0.05, 0.1) is 16.9 Å². The highest BCUT2D eigenvalue weighted by atomic mass is 35.5. The molecule has 2 saturated heterocycles. The fourth-order valence-electron chi connectivity index (χ4n) is 2.59. The lowest BCUT2D eigenvalue weighted by molar-refractivity contribution is -0.133. The van der Waals surface area contributed by atoms with Gasteiger partial charge in [0.1, 0.15) is 11.5 Å². The van der Waals surface area contributed by atoms with Crippen LogP contribution in [0.25, 0.3) is 0 Å². The number of fused-ring (bicyclic) bond motifs is 1. The number of halogens is 2. The van der Waals surface area contributed by atoms with E-state index in [9.17, 15) is 9.18 Å². The molecule has 2 aliphatic heterocycles. The first kappa shape index (κ1) is 16.9. The summed E-state index contributed by atoms with van der Waals surface area (Å²) < 4.78 is 17.4. The summed E-state index contributed by atoms with van der Waals surface area (Å²) in [6.45, 7) is 3.06. The lowest BCUT2D eigenvalue weighted by Gasteiger charge is -2.15. The molecule has 0 saturated carbocycles. The predicted octanol–water partition coefficient (Wildman–Crippen LogP) is 3.56. The zero-order chi connectivity index (χ0) is 16.6. The van der Waals surface area contributed by atoms with E-state index in [1.807, 2.05) is 0 Å². The lowest BCUT2D eigenvalue weighted by atomic mass is 10.1. The molecule has 2 fully saturated rings. The van der Waals surface area contributed by atoms with Gasteiger partial charge in [0.2, 0.25) is 0 Å². The Kier molecular flexibility index (Phi) is 5.05. The van der Waals surface area contributed by atoms with E-state index in [1.165, 1.54) is 24.1 Å². The summed E-state index contributed by atoms with van der Waals surface area (Å²) in [5.41, 5.74) is 0.173. The van der Waals surface area contributed by atoms with Crippen LogP contribution in [0.4, 0.5) is 10.1 Å². The second-order valence-corrected chi connectivity index (χ2v) is 7.77. The second kappa shape index (κ2) is 6.88. The van der Waals surface area contributed by atoms with Crippen LogP contribution < -0.4 is 4.72 Å². The first-order valence-electron chi connectivity index (χ1n) is 7.05. The van der Waals surface area contributed by atoms with Gasteiger partial charge in [-0.1, -0.05) is 18.5 Å². The molecule has 2 N–H and O–H groups in total. The molecule has 0 spiro atoms. The maximum atomic E-state index is 14.1. The van der Waals surface area contributed by atoms with Crippen LogP contribution in [0, 0.1) is 11.7 Å². The minimum atomic E-state index is -0.951. The van der Waals surface area contributed by atoms with Gasteiger partial charge in [-0.05, 0) is 36.4 Å². The minimum absolute atomic E-state index is 0.136. The van der Waals surface area contributed by atoms with Crippen molar-refractivity contribution < 1.29 is 14.3 Å². The number of rotatable bonds is 4. The second-order valence-electron chi connectivity index (χ2n) is 5.54. The predicted molar refractivity (Wildman–Crippen MR) is 91.9 cm³/mol. The number of amidine groups is 1. The fourth-order valence-corrected chi connectivity index (χ4v) is 4.51. The van der Waals surface area contributed by atoms with Crippen LogP contribution in [0.3, 0.4) is 0 Å². The molecule has 0 aromatic heterocycles. The third-order valence-corrected chi connectivity index (χ3v) is 5.97. The van der Waals surface area contributed by atoms with Gasteiger partial charge in [0, 0.05) is 11.4 Å². The molecule has 1 aromatic rings. The van der Waals surface area contributed by atoms with E-state index in [0.717, 1.165) is 29.9 Å². The van der Waals surface area contributed by atoms with E-state index in [2.05, 4.69) is 21.5 Å². The number of hydrogen-bond donors (Lipinski definition) is 2. The first-order valence-corrected chi connectivity index (χ1v) is 9.23. The first-order chi connectivity index (χ1) is 10.9. The Morgan fingerprint density at radius 1 is 1.65 bits per heavy atom. The maximum absolute atomic E-state index is 14.1. The third-order valence-electron chi connectivity index (χ3n) is 3.61. The Labute approximate surface area is 146 Å². The summed E-state index contributed by atoms with van der Waals surface area (Å²) in [5.74, 6) is -1.04. The van der Waals surface area contributed by atoms with Crippen molar-refractivity contribution >= 4 is 52.1 Å². The molecule has 3 rings (SSSR count). The van der Waals surface area contributed by atoms with Crippen LogP contribution in [0.15, 0.2) is 22.0 Å². The molecule has 0 amide bonds. The SMILES string of the molecule is CC1CC2NSC(=Nc3cc(SCC(=O)O)c(Cl)cc3F)N2C1. The number of carboxylic acids is 1. The van der Waals surface area contributed by atoms with Crippen molar-refractivity contribution in [2.45, 2.75) is 24.4 Å². The van der Waals surface area contributed by atoms with E-state index in [4.69, 9.17) is 16.7 Å². The Morgan fingerprint density at radius 3 is 3.17 bits per heavy atom. The molecular formula is C14H15ClFN3O2S2. The molecule has 5 nitrogen and oxygen atoms in total. The molecule has 124 valence electrons. The van der Waals surface area contributed by atoms with Crippen molar-refractivity contribution in [3.8, 4) is 0 Å². The van der Waals surface area contributed by atoms with Gasteiger partial charge in [-0.15, -0.1) is 11.8 Å². The molecular weight excluding hydrogens is 361 g/mol. The van der Waals surface area contributed by atoms with Crippen molar-refractivity contribution in [2.75, 3.05) is 12.3 Å². The highest BCUT2D eigenvalue weighted by Gasteiger charge is 2.37. The van der Waals surface area contributed by atoms with E-state index >= 15 is 0 Å². The standard InChI is InChI=1S/C14H15ClFN3O2S2/c1-7-2-12-18-23-14(19(12)5-7)17-10-4-11(22-6-13(20)21)8(15)3-9(10)16/h3-4,7,12,18H,2,5-6H2,1H3,(H,20,21).